The number of hydrogen-bond donors (Lipinski definition) is 2. The molecule has 0 bridgehead atoms. The number of ether oxygens (including phenoxy) is 1. The minimum Gasteiger partial charge on any atom is -0.396 e. The number of nitrogens with zero attached hydrogens (tertiary/aromatic N) is 1. The largest absolute Gasteiger partial charge is 0.396 e. The fraction of sp³-hybridized carbons (Fsp3) is 0.533. The fourth-order valence-electron chi connectivity index (χ4n) is 2.39. The van der Waals surface area contributed by atoms with E-state index in [1.54, 1.807) is 0 Å². The van der Waals surface area contributed by atoms with E-state index in [1.807, 2.05) is 0 Å². The summed E-state index contributed by atoms with van der Waals surface area (Å²) < 4.78 is 18.5. The number of hydrogen-bond acceptors (Lipinski definition) is 4. The molecule has 116 valence electrons. The molecule has 21 heavy (non-hydrogen) atoms. The number of halogens is 1. The topological polar surface area (TPSA) is 67.6 Å². The van der Waals surface area contributed by atoms with E-state index in [4.69, 9.17) is 10.5 Å². The molecule has 0 unspecified atom stereocenters. The molecule has 0 radical (unpaired) electrons. The van der Waals surface area contributed by atoms with Crippen molar-refractivity contribution < 1.29 is 13.9 Å². The van der Waals surface area contributed by atoms with Gasteiger partial charge in [0.15, 0.2) is 0 Å². The van der Waals surface area contributed by atoms with Crippen LogP contribution in [0.15, 0.2) is 18.2 Å². The molecule has 0 saturated carbocycles. The van der Waals surface area contributed by atoms with Crippen LogP contribution in [0, 0.1) is 5.82 Å². The number of morpholine rings is 1. The van der Waals surface area contributed by atoms with Gasteiger partial charge in [0, 0.05) is 30.7 Å². The highest BCUT2D eigenvalue weighted by atomic mass is 19.1. The van der Waals surface area contributed by atoms with Crippen molar-refractivity contribution in [2.45, 2.75) is 25.8 Å². The summed E-state index contributed by atoms with van der Waals surface area (Å²) in [6, 6.07) is 4.17. The third-order valence-corrected chi connectivity index (χ3v) is 3.71. The van der Waals surface area contributed by atoms with Gasteiger partial charge in [-0.25, -0.2) is 4.39 Å². The van der Waals surface area contributed by atoms with Gasteiger partial charge in [0.1, 0.15) is 5.82 Å². The Morgan fingerprint density at radius 3 is 2.95 bits per heavy atom. The maximum atomic E-state index is 13.1. The van der Waals surface area contributed by atoms with Gasteiger partial charge >= 0.3 is 0 Å². The Labute approximate surface area is 124 Å². The average molecular weight is 295 g/mol. The molecule has 3 N–H and O–H groups in total. The molecule has 1 aromatic rings. The van der Waals surface area contributed by atoms with E-state index >= 15 is 0 Å². The SMILES string of the molecule is CC1(C)COCCN1CCC(=O)Nc1ccc(F)c(N)c1. The van der Waals surface area contributed by atoms with E-state index in [-0.39, 0.29) is 17.1 Å². The van der Waals surface area contributed by atoms with Crippen molar-refractivity contribution in [3.05, 3.63) is 24.0 Å². The van der Waals surface area contributed by atoms with Crippen molar-refractivity contribution in [3.8, 4) is 0 Å². The smallest absolute Gasteiger partial charge is 0.225 e. The minimum absolute atomic E-state index is 0.0297. The van der Waals surface area contributed by atoms with Gasteiger partial charge in [-0.2, -0.15) is 0 Å². The number of carbonyl (C=O) groups is 1. The summed E-state index contributed by atoms with van der Waals surface area (Å²) in [6.07, 6.45) is 0.376. The minimum atomic E-state index is -0.483. The van der Waals surface area contributed by atoms with Gasteiger partial charge in [-0.3, -0.25) is 9.69 Å². The second-order valence-corrected chi connectivity index (χ2v) is 5.89. The number of anilines is 2. The van der Waals surface area contributed by atoms with E-state index in [2.05, 4.69) is 24.1 Å². The van der Waals surface area contributed by atoms with Crippen LogP contribution in [0.3, 0.4) is 0 Å². The summed E-state index contributed by atoms with van der Waals surface area (Å²) in [5.74, 6) is -0.591. The molecule has 1 fully saturated rings. The quantitative estimate of drug-likeness (QED) is 0.832. The van der Waals surface area contributed by atoms with Crippen molar-refractivity contribution in [1.82, 2.24) is 4.90 Å². The van der Waals surface area contributed by atoms with Gasteiger partial charge in [0.05, 0.1) is 18.9 Å². The molecule has 1 aliphatic rings. The Morgan fingerprint density at radius 1 is 1.52 bits per heavy atom. The normalized spacial score (nSPS) is 18.4. The first-order chi connectivity index (χ1) is 9.88. The highest BCUT2D eigenvalue weighted by Crippen LogP contribution is 2.20. The van der Waals surface area contributed by atoms with Crippen LogP contribution in [-0.2, 0) is 9.53 Å². The van der Waals surface area contributed by atoms with Gasteiger partial charge in [-0.1, -0.05) is 0 Å². The number of nitrogens with two attached hydrogens (primary N) is 1. The molecule has 5 nitrogen and oxygen atoms in total. The third-order valence-electron chi connectivity index (χ3n) is 3.71. The number of nitrogen functional groups attached to an aromatic ring is 1. The first kappa shape index (κ1) is 15.7. The first-order valence-corrected chi connectivity index (χ1v) is 7.06. The molecular weight excluding hydrogens is 273 g/mol. The predicted octanol–water partition coefficient (Wildman–Crippen LogP) is 1.85. The lowest BCUT2D eigenvalue weighted by molar-refractivity contribution is -0.117. The number of amides is 1. The van der Waals surface area contributed by atoms with Gasteiger partial charge in [-0.15, -0.1) is 0 Å². The van der Waals surface area contributed by atoms with Crippen molar-refractivity contribution in [3.63, 3.8) is 0 Å². The molecule has 1 heterocycles. The fourth-order valence-corrected chi connectivity index (χ4v) is 2.39. The summed E-state index contributed by atoms with van der Waals surface area (Å²) in [5, 5.41) is 2.73. The number of benzene rings is 1. The molecule has 0 aliphatic carbocycles. The summed E-state index contributed by atoms with van der Waals surface area (Å²) in [7, 11) is 0. The Balaban J connectivity index is 1.85. The molecule has 1 aromatic carbocycles. The monoisotopic (exact) mass is 295 g/mol. The van der Waals surface area contributed by atoms with Crippen LogP contribution < -0.4 is 11.1 Å². The Morgan fingerprint density at radius 2 is 2.29 bits per heavy atom. The van der Waals surface area contributed by atoms with E-state index in [0.717, 1.165) is 6.54 Å². The van der Waals surface area contributed by atoms with Crippen molar-refractivity contribution in [2.24, 2.45) is 0 Å². The molecule has 0 aromatic heterocycles. The number of nitrogens with one attached hydrogen (secondary N) is 1. The van der Waals surface area contributed by atoms with Crippen LogP contribution >= 0.6 is 0 Å². The summed E-state index contributed by atoms with van der Waals surface area (Å²) in [6.45, 7) is 7.06. The number of carbonyl (C=O) groups excluding carboxylic acids is 1. The molecule has 1 amide bonds. The lowest BCUT2D eigenvalue weighted by Crippen LogP contribution is -2.53. The molecule has 1 aliphatic heterocycles. The van der Waals surface area contributed by atoms with Gasteiger partial charge in [-0.05, 0) is 32.0 Å². The Hall–Kier alpha value is -1.66. The van der Waals surface area contributed by atoms with Gasteiger partial charge in [0.2, 0.25) is 5.91 Å². The molecule has 0 spiro atoms. The van der Waals surface area contributed by atoms with E-state index in [1.165, 1.54) is 18.2 Å². The number of rotatable bonds is 4. The lowest BCUT2D eigenvalue weighted by Gasteiger charge is -2.42. The predicted molar refractivity (Wildman–Crippen MR) is 80.5 cm³/mol. The van der Waals surface area contributed by atoms with Gasteiger partial charge < -0.3 is 15.8 Å². The van der Waals surface area contributed by atoms with Crippen molar-refractivity contribution in [2.75, 3.05) is 37.4 Å². The summed E-state index contributed by atoms with van der Waals surface area (Å²) in [5.41, 5.74) is 5.96. The van der Waals surface area contributed by atoms with Crippen molar-refractivity contribution >= 4 is 17.3 Å². The first-order valence-electron chi connectivity index (χ1n) is 7.06. The van der Waals surface area contributed by atoms with Crippen LogP contribution in [0.5, 0.6) is 0 Å². The van der Waals surface area contributed by atoms with Gasteiger partial charge in [0.25, 0.3) is 0 Å². The molecule has 2 rings (SSSR count). The van der Waals surface area contributed by atoms with Crippen LogP contribution in [0.4, 0.5) is 15.8 Å². The maximum Gasteiger partial charge on any atom is 0.225 e. The molecule has 1 saturated heterocycles. The maximum absolute atomic E-state index is 13.1. The summed E-state index contributed by atoms with van der Waals surface area (Å²) in [4.78, 5) is 14.2. The Bertz CT molecular complexity index is 520. The zero-order chi connectivity index (χ0) is 15.5. The van der Waals surface area contributed by atoms with Crippen LogP contribution in [0.25, 0.3) is 0 Å². The highest BCUT2D eigenvalue weighted by Gasteiger charge is 2.30. The zero-order valence-corrected chi connectivity index (χ0v) is 12.5. The second kappa shape index (κ2) is 6.41. The average Bonchev–Trinajstić information content (AvgIpc) is 2.41. The molecular formula is C15H22FN3O2. The lowest BCUT2D eigenvalue weighted by atomic mass is 10.0. The van der Waals surface area contributed by atoms with E-state index < -0.39 is 5.82 Å². The Kier molecular flexibility index (Phi) is 4.80. The second-order valence-electron chi connectivity index (χ2n) is 5.89. The van der Waals surface area contributed by atoms with Crippen LogP contribution in [-0.4, -0.2) is 42.6 Å². The van der Waals surface area contributed by atoms with E-state index in [9.17, 15) is 9.18 Å². The molecule has 0 atom stereocenters. The third kappa shape index (κ3) is 4.15. The standard InChI is InChI=1S/C15H22FN3O2/c1-15(2)10-21-8-7-19(15)6-5-14(20)18-11-3-4-12(16)13(17)9-11/h3-4,9H,5-8,10,17H2,1-2H3,(H,18,20). The van der Waals surface area contributed by atoms with Crippen molar-refractivity contribution in [1.29, 1.82) is 0 Å². The zero-order valence-electron chi connectivity index (χ0n) is 12.5. The van der Waals surface area contributed by atoms with Crippen LogP contribution in [0.1, 0.15) is 20.3 Å². The van der Waals surface area contributed by atoms with Crippen LogP contribution in [0.2, 0.25) is 0 Å². The highest BCUT2D eigenvalue weighted by molar-refractivity contribution is 5.91. The van der Waals surface area contributed by atoms with E-state index in [0.29, 0.717) is 31.9 Å². The summed E-state index contributed by atoms with van der Waals surface area (Å²) >= 11 is 0. The molecule has 6 heteroatoms.